The van der Waals surface area contributed by atoms with Crippen LogP contribution in [0.4, 0.5) is 4.39 Å². The second kappa shape index (κ2) is 7.64. The van der Waals surface area contributed by atoms with Crippen LogP contribution in [0.15, 0.2) is 54.7 Å². The highest BCUT2D eigenvalue weighted by atomic mass is 19.1. The molecule has 28 heavy (non-hydrogen) atoms. The summed E-state index contributed by atoms with van der Waals surface area (Å²) in [4.78, 5) is 13.4. The van der Waals surface area contributed by atoms with Crippen molar-refractivity contribution < 1.29 is 9.50 Å². The Bertz CT molecular complexity index is 1030. The summed E-state index contributed by atoms with van der Waals surface area (Å²) in [5, 5.41) is 17.9. The highest BCUT2D eigenvalue weighted by molar-refractivity contribution is 5.94. The van der Waals surface area contributed by atoms with Crippen LogP contribution in [0, 0.1) is 11.2 Å². The van der Waals surface area contributed by atoms with Gasteiger partial charge in [-0.05, 0) is 48.8 Å². The highest BCUT2D eigenvalue weighted by Crippen LogP contribution is 2.32. The summed E-state index contributed by atoms with van der Waals surface area (Å²) in [6, 6.07) is 11.6. The highest BCUT2D eigenvalue weighted by Gasteiger charge is 2.27. The van der Waals surface area contributed by atoms with Crippen LogP contribution in [0.5, 0.6) is 5.88 Å². The first-order valence-electron chi connectivity index (χ1n) is 9.10. The van der Waals surface area contributed by atoms with E-state index in [4.69, 9.17) is 5.41 Å². The van der Waals surface area contributed by atoms with Crippen molar-refractivity contribution in [2.75, 3.05) is 6.54 Å². The predicted octanol–water partition coefficient (Wildman–Crippen LogP) is 4.14. The van der Waals surface area contributed by atoms with Gasteiger partial charge < -0.3 is 15.0 Å². The summed E-state index contributed by atoms with van der Waals surface area (Å²) >= 11 is 0. The molecule has 2 aromatic heterocycles. The molecule has 1 fully saturated rings. The molecular formula is C21H20FN5O. The lowest BCUT2D eigenvalue weighted by molar-refractivity contribution is 0.399. The maximum Gasteiger partial charge on any atom is 0.211 e. The van der Waals surface area contributed by atoms with E-state index < -0.39 is 0 Å². The molecule has 0 amide bonds. The van der Waals surface area contributed by atoms with E-state index in [0.29, 0.717) is 23.0 Å². The average Bonchev–Trinajstić information content (AvgIpc) is 3.36. The largest absolute Gasteiger partial charge is 0.493 e. The molecule has 0 spiro atoms. The maximum absolute atomic E-state index is 13.6. The third-order valence-electron chi connectivity index (χ3n) is 4.80. The Kier molecular flexibility index (Phi) is 4.89. The number of H-pyrrole nitrogens is 1. The minimum absolute atomic E-state index is 0.0107. The van der Waals surface area contributed by atoms with Gasteiger partial charge in [-0.15, -0.1) is 0 Å². The van der Waals surface area contributed by atoms with E-state index in [2.05, 4.69) is 15.0 Å². The Balaban J connectivity index is 1.48. The van der Waals surface area contributed by atoms with Crippen LogP contribution in [0.3, 0.4) is 0 Å². The van der Waals surface area contributed by atoms with Gasteiger partial charge in [-0.1, -0.05) is 18.2 Å². The Morgan fingerprint density at radius 2 is 2.14 bits per heavy atom. The predicted molar refractivity (Wildman–Crippen MR) is 105 cm³/mol. The van der Waals surface area contributed by atoms with Crippen LogP contribution in [0.1, 0.15) is 30.3 Å². The third kappa shape index (κ3) is 3.78. The number of rotatable bonds is 4. The van der Waals surface area contributed by atoms with Gasteiger partial charge in [-0.2, -0.15) is 0 Å². The number of aromatic nitrogens is 3. The number of nitrogens with one attached hydrogen (secondary N) is 2. The first kappa shape index (κ1) is 17.9. The summed E-state index contributed by atoms with van der Waals surface area (Å²) in [6.07, 6.45) is 6.92. The van der Waals surface area contributed by atoms with Crippen molar-refractivity contribution in [2.45, 2.75) is 18.9 Å². The van der Waals surface area contributed by atoms with Crippen molar-refractivity contribution in [1.29, 1.82) is 5.41 Å². The molecule has 142 valence electrons. The lowest BCUT2D eigenvalue weighted by atomic mass is 10.0. The zero-order chi connectivity index (χ0) is 19.5. The number of aromatic hydroxyl groups is 1. The number of halogens is 1. The minimum atomic E-state index is -0.255. The van der Waals surface area contributed by atoms with Crippen molar-refractivity contribution in [3.05, 3.63) is 71.9 Å². The van der Waals surface area contributed by atoms with Crippen LogP contribution in [-0.2, 0) is 0 Å². The average molecular weight is 377 g/mol. The van der Waals surface area contributed by atoms with E-state index in [1.165, 1.54) is 12.1 Å². The Labute approximate surface area is 161 Å². The fraction of sp³-hybridized carbons (Fsp3) is 0.190. The standard InChI is InChI=1S/C21H20FN5O/c22-15-5-1-4-14(12-15)18-7-3-11-27(18)19(23)9-10-20-24-13-17(25-20)16-6-2-8-21(28)26-16/h1-2,4-6,8-10,12-13,18,23H,3,7,11H2,(H,24,25)(H,26,28)/b10-9-,23-19?. The number of nitrogens with zero attached hydrogens (tertiary/aromatic N) is 3. The van der Waals surface area contributed by atoms with Gasteiger partial charge in [0.2, 0.25) is 5.88 Å². The molecule has 6 nitrogen and oxygen atoms in total. The molecule has 1 aliphatic heterocycles. The summed E-state index contributed by atoms with van der Waals surface area (Å²) in [6.45, 7) is 0.765. The van der Waals surface area contributed by atoms with E-state index in [1.807, 2.05) is 11.0 Å². The van der Waals surface area contributed by atoms with Gasteiger partial charge in [0.1, 0.15) is 17.5 Å². The molecule has 0 bridgehead atoms. The molecule has 0 radical (unpaired) electrons. The zero-order valence-electron chi connectivity index (χ0n) is 15.1. The lowest BCUT2D eigenvalue weighted by Gasteiger charge is -2.26. The van der Waals surface area contributed by atoms with Crippen molar-refractivity contribution in [3.63, 3.8) is 0 Å². The fourth-order valence-corrected chi connectivity index (χ4v) is 3.49. The summed E-state index contributed by atoms with van der Waals surface area (Å²) in [5.74, 6) is 0.644. The Hall–Kier alpha value is -3.48. The van der Waals surface area contributed by atoms with Gasteiger partial charge in [0.25, 0.3) is 0 Å². The lowest BCUT2D eigenvalue weighted by Crippen LogP contribution is -2.28. The first-order valence-corrected chi connectivity index (χ1v) is 9.10. The molecule has 0 aliphatic carbocycles. The van der Waals surface area contributed by atoms with Crippen LogP contribution in [0.2, 0.25) is 0 Å². The van der Waals surface area contributed by atoms with E-state index in [-0.39, 0.29) is 17.7 Å². The molecule has 1 saturated heterocycles. The van der Waals surface area contributed by atoms with Crippen LogP contribution in [-0.4, -0.2) is 37.3 Å². The molecule has 1 aromatic carbocycles. The topological polar surface area (TPSA) is 88.9 Å². The number of aromatic amines is 1. The number of amidine groups is 1. The molecular weight excluding hydrogens is 357 g/mol. The summed E-state index contributed by atoms with van der Waals surface area (Å²) < 4.78 is 13.6. The number of hydrogen-bond donors (Lipinski definition) is 3. The van der Waals surface area contributed by atoms with Crippen molar-refractivity contribution in [3.8, 4) is 17.3 Å². The minimum Gasteiger partial charge on any atom is -0.493 e. The van der Waals surface area contributed by atoms with Gasteiger partial charge >= 0.3 is 0 Å². The second-order valence-electron chi connectivity index (χ2n) is 6.69. The molecule has 1 atom stereocenters. The molecule has 3 aromatic rings. The normalized spacial score (nSPS) is 16.8. The molecule has 3 heterocycles. The zero-order valence-corrected chi connectivity index (χ0v) is 15.1. The summed E-state index contributed by atoms with van der Waals surface area (Å²) in [7, 11) is 0. The van der Waals surface area contributed by atoms with E-state index >= 15 is 0 Å². The van der Waals surface area contributed by atoms with Gasteiger partial charge in [-0.3, -0.25) is 5.41 Å². The van der Waals surface area contributed by atoms with Crippen molar-refractivity contribution >= 4 is 11.9 Å². The van der Waals surface area contributed by atoms with Crippen LogP contribution >= 0.6 is 0 Å². The van der Waals surface area contributed by atoms with Crippen molar-refractivity contribution in [2.24, 2.45) is 0 Å². The molecule has 1 unspecified atom stereocenters. The molecule has 0 saturated carbocycles. The number of imidazole rings is 1. The maximum atomic E-state index is 13.6. The van der Waals surface area contributed by atoms with Crippen LogP contribution in [0.25, 0.3) is 17.5 Å². The SMILES string of the molecule is N=C(/C=C\c1ncc(-c2cccc(O)n2)[nH]1)N1CCCC1c1cccc(F)c1. The summed E-state index contributed by atoms with van der Waals surface area (Å²) in [5.41, 5.74) is 2.17. The van der Waals surface area contributed by atoms with Gasteiger partial charge in [0.15, 0.2) is 0 Å². The molecule has 4 rings (SSSR count). The van der Waals surface area contributed by atoms with Crippen molar-refractivity contribution in [1.82, 2.24) is 19.9 Å². The molecule has 3 N–H and O–H groups in total. The third-order valence-corrected chi connectivity index (χ3v) is 4.80. The number of hydrogen-bond acceptors (Lipinski definition) is 4. The smallest absolute Gasteiger partial charge is 0.211 e. The first-order chi connectivity index (χ1) is 13.6. The van der Waals surface area contributed by atoms with Gasteiger partial charge in [0.05, 0.1) is 23.6 Å². The molecule has 7 heteroatoms. The fourth-order valence-electron chi connectivity index (χ4n) is 3.49. The Morgan fingerprint density at radius 3 is 2.96 bits per heavy atom. The number of benzene rings is 1. The number of likely N-dealkylation sites (tertiary alicyclic amines) is 1. The monoisotopic (exact) mass is 377 g/mol. The van der Waals surface area contributed by atoms with E-state index in [0.717, 1.165) is 24.9 Å². The molecule has 1 aliphatic rings. The van der Waals surface area contributed by atoms with Gasteiger partial charge in [-0.25, -0.2) is 14.4 Å². The van der Waals surface area contributed by atoms with Gasteiger partial charge in [0, 0.05) is 12.6 Å². The Morgan fingerprint density at radius 1 is 1.29 bits per heavy atom. The van der Waals surface area contributed by atoms with E-state index in [1.54, 1.807) is 42.6 Å². The second-order valence-corrected chi connectivity index (χ2v) is 6.69. The number of pyridine rings is 1. The quantitative estimate of drug-likeness (QED) is 0.471. The van der Waals surface area contributed by atoms with E-state index in [9.17, 15) is 9.50 Å². The van der Waals surface area contributed by atoms with Crippen LogP contribution < -0.4 is 0 Å².